The Morgan fingerprint density at radius 1 is 0.760 bits per heavy atom. The smallest absolute Gasteiger partial charge is 0.221 e. The van der Waals surface area contributed by atoms with Gasteiger partial charge < -0.3 is 5.73 Å². The van der Waals surface area contributed by atoms with E-state index < -0.39 is 0 Å². The molecule has 1 heterocycles. The molecule has 0 aliphatic heterocycles. The summed E-state index contributed by atoms with van der Waals surface area (Å²) in [4.78, 5) is 8.59. The molecule has 0 amide bonds. The van der Waals surface area contributed by atoms with E-state index in [1.165, 1.54) is 11.1 Å². The lowest BCUT2D eigenvalue weighted by atomic mass is 10.0. The second-order valence-corrected chi connectivity index (χ2v) is 6.51. The first-order valence-corrected chi connectivity index (χ1v) is 8.99. The number of unbranched alkanes of at least 4 members (excludes halogenated alkanes) is 1. The fourth-order valence-electron chi connectivity index (χ4n) is 2.98. The summed E-state index contributed by atoms with van der Waals surface area (Å²) in [7, 11) is 0. The van der Waals surface area contributed by atoms with Gasteiger partial charge in [0.25, 0.3) is 0 Å². The largest absolute Gasteiger partial charge is 0.368 e. The van der Waals surface area contributed by atoms with Crippen molar-refractivity contribution in [3.8, 4) is 0 Å². The Bertz CT molecular complexity index is 804. The molecule has 0 aliphatic carbocycles. The zero-order valence-electron chi connectivity index (χ0n) is 14.2. The molecule has 2 N–H and O–H groups in total. The first kappa shape index (κ1) is 17.4. The van der Waals surface area contributed by atoms with Crippen LogP contribution in [0.2, 0.25) is 5.15 Å². The van der Waals surface area contributed by atoms with E-state index in [-0.39, 0.29) is 5.95 Å². The van der Waals surface area contributed by atoms with Crippen molar-refractivity contribution >= 4 is 17.5 Å². The average molecular weight is 352 g/mol. The molecular formula is C21H22ClN3. The lowest BCUT2D eigenvalue weighted by Gasteiger charge is -2.11. The molecule has 0 unspecified atom stereocenters. The van der Waals surface area contributed by atoms with E-state index >= 15 is 0 Å². The van der Waals surface area contributed by atoms with Gasteiger partial charge in [-0.3, -0.25) is 0 Å². The number of aryl methyl sites for hydroxylation is 1. The predicted octanol–water partition coefficient (Wildman–Crippen LogP) is 4.87. The standard InChI is InChI=1S/C21H22ClN3/c22-20-18(14-8-7-11-16-9-3-1-4-10-16)19(24-21(23)25-20)15-17-12-5-2-6-13-17/h1-6,9-10,12-13H,7-8,11,14-15H2,(H2,23,24,25). The summed E-state index contributed by atoms with van der Waals surface area (Å²) in [5.41, 5.74) is 10.3. The molecule has 0 atom stereocenters. The van der Waals surface area contributed by atoms with Gasteiger partial charge in [-0.15, -0.1) is 0 Å². The number of aromatic nitrogens is 2. The fourth-order valence-corrected chi connectivity index (χ4v) is 3.27. The topological polar surface area (TPSA) is 51.8 Å². The van der Waals surface area contributed by atoms with Crippen LogP contribution < -0.4 is 5.73 Å². The second kappa shape index (κ2) is 8.63. The van der Waals surface area contributed by atoms with Crippen molar-refractivity contribution in [2.75, 3.05) is 5.73 Å². The van der Waals surface area contributed by atoms with Crippen LogP contribution in [0.1, 0.15) is 35.2 Å². The highest BCUT2D eigenvalue weighted by molar-refractivity contribution is 6.30. The molecule has 1 aromatic heterocycles. The molecule has 3 aromatic rings. The van der Waals surface area contributed by atoms with Crippen LogP contribution in [0.3, 0.4) is 0 Å². The van der Waals surface area contributed by atoms with Crippen LogP contribution in [0.25, 0.3) is 0 Å². The van der Waals surface area contributed by atoms with E-state index in [1.807, 2.05) is 24.3 Å². The second-order valence-electron chi connectivity index (χ2n) is 6.15. The molecule has 0 spiro atoms. The van der Waals surface area contributed by atoms with E-state index in [4.69, 9.17) is 17.3 Å². The maximum atomic E-state index is 6.37. The summed E-state index contributed by atoms with van der Waals surface area (Å²) in [5, 5.41) is 0.484. The first-order valence-electron chi connectivity index (χ1n) is 8.61. The summed E-state index contributed by atoms with van der Waals surface area (Å²) in [6.07, 6.45) is 4.82. The van der Waals surface area contributed by atoms with Gasteiger partial charge in [-0.1, -0.05) is 72.3 Å². The summed E-state index contributed by atoms with van der Waals surface area (Å²) in [6, 6.07) is 20.8. The van der Waals surface area contributed by atoms with Gasteiger partial charge in [0.2, 0.25) is 5.95 Å². The molecule has 0 radical (unpaired) electrons. The van der Waals surface area contributed by atoms with Crippen LogP contribution in [-0.2, 0) is 19.3 Å². The highest BCUT2D eigenvalue weighted by atomic mass is 35.5. The molecule has 3 rings (SSSR count). The van der Waals surface area contributed by atoms with Crippen LogP contribution >= 0.6 is 11.6 Å². The minimum absolute atomic E-state index is 0.240. The highest BCUT2D eigenvalue weighted by Gasteiger charge is 2.12. The zero-order chi connectivity index (χ0) is 17.5. The van der Waals surface area contributed by atoms with Crippen molar-refractivity contribution in [1.29, 1.82) is 0 Å². The van der Waals surface area contributed by atoms with Crippen LogP contribution in [0.15, 0.2) is 60.7 Å². The summed E-state index contributed by atoms with van der Waals surface area (Å²) in [5.74, 6) is 0.240. The number of halogens is 1. The number of hydrogen-bond donors (Lipinski definition) is 1. The van der Waals surface area contributed by atoms with Gasteiger partial charge in [0.15, 0.2) is 0 Å². The van der Waals surface area contributed by atoms with Gasteiger partial charge in [0, 0.05) is 12.0 Å². The zero-order valence-corrected chi connectivity index (χ0v) is 14.9. The van der Waals surface area contributed by atoms with Gasteiger partial charge in [-0.05, 0) is 36.8 Å². The highest BCUT2D eigenvalue weighted by Crippen LogP contribution is 2.23. The molecule has 0 bridgehead atoms. The van der Waals surface area contributed by atoms with Gasteiger partial charge in [-0.2, -0.15) is 0 Å². The molecule has 4 heteroatoms. The number of nitrogens with two attached hydrogens (primary N) is 1. The quantitative estimate of drug-likeness (QED) is 0.488. The Hall–Kier alpha value is -2.39. The Labute approximate surface area is 153 Å². The van der Waals surface area contributed by atoms with Crippen LogP contribution in [0.4, 0.5) is 5.95 Å². The Balaban J connectivity index is 1.67. The van der Waals surface area contributed by atoms with Crippen molar-refractivity contribution in [2.45, 2.75) is 32.1 Å². The third-order valence-electron chi connectivity index (χ3n) is 4.26. The molecule has 0 saturated carbocycles. The van der Waals surface area contributed by atoms with E-state index in [0.717, 1.165) is 43.4 Å². The van der Waals surface area contributed by atoms with Crippen molar-refractivity contribution in [2.24, 2.45) is 0 Å². The van der Waals surface area contributed by atoms with Crippen LogP contribution in [-0.4, -0.2) is 9.97 Å². The number of nitrogens with zero attached hydrogens (tertiary/aromatic N) is 2. The van der Waals surface area contributed by atoms with Gasteiger partial charge in [-0.25, -0.2) is 9.97 Å². The normalized spacial score (nSPS) is 10.8. The maximum Gasteiger partial charge on any atom is 0.221 e. The van der Waals surface area contributed by atoms with Crippen molar-refractivity contribution < 1.29 is 0 Å². The molecule has 25 heavy (non-hydrogen) atoms. The minimum atomic E-state index is 0.240. The monoisotopic (exact) mass is 351 g/mol. The number of anilines is 1. The molecule has 2 aromatic carbocycles. The average Bonchev–Trinajstić information content (AvgIpc) is 2.62. The number of rotatable bonds is 7. The minimum Gasteiger partial charge on any atom is -0.368 e. The van der Waals surface area contributed by atoms with Crippen molar-refractivity contribution in [3.63, 3.8) is 0 Å². The van der Waals surface area contributed by atoms with Crippen molar-refractivity contribution in [3.05, 3.63) is 88.2 Å². The Kier molecular flexibility index (Phi) is 6.02. The van der Waals surface area contributed by atoms with Gasteiger partial charge in [0.05, 0.1) is 5.69 Å². The third kappa shape index (κ3) is 5.04. The van der Waals surface area contributed by atoms with E-state index in [1.54, 1.807) is 0 Å². The first-order chi connectivity index (χ1) is 12.2. The maximum absolute atomic E-state index is 6.37. The number of hydrogen-bond acceptors (Lipinski definition) is 3. The number of benzene rings is 2. The lowest BCUT2D eigenvalue weighted by molar-refractivity contribution is 0.724. The lowest BCUT2D eigenvalue weighted by Crippen LogP contribution is -2.07. The molecule has 3 nitrogen and oxygen atoms in total. The van der Waals surface area contributed by atoms with E-state index in [9.17, 15) is 0 Å². The molecule has 0 fully saturated rings. The predicted molar refractivity (Wildman–Crippen MR) is 104 cm³/mol. The van der Waals surface area contributed by atoms with Gasteiger partial charge >= 0.3 is 0 Å². The summed E-state index contributed by atoms with van der Waals surface area (Å²) in [6.45, 7) is 0. The summed E-state index contributed by atoms with van der Waals surface area (Å²) < 4.78 is 0. The van der Waals surface area contributed by atoms with Gasteiger partial charge in [0.1, 0.15) is 5.15 Å². The summed E-state index contributed by atoms with van der Waals surface area (Å²) >= 11 is 6.37. The van der Waals surface area contributed by atoms with Crippen LogP contribution in [0, 0.1) is 0 Å². The molecular weight excluding hydrogens is 330 g/mol. The van der Waals surface area contributed by atoms with Crippen molar-refractivity contribution in [1.82, 2.24) is 9.97 Å². The Morgan fingerprint density at radius 2 is 1.36 bits per heavy atom. The Morgan fingerprint density at radius 3 is 2.04 bits per heavy atom. The number of nitrogen functional groups attached to an aromatic ring is 1. The van der Waals surface area contributed by atoms with Crippen LogP contribution in [0.5, 0.6) is 0 Å². The molecule has 128 valence electrons. The van der Waals surface area contributed by atoms with E-state index in [0.29, 0.717) is 5.15 Å². The fraction of sp³-hybridized carbons (Fsp3) is 0.238. The molecule has 0 aliphatic rings. The SMILES string of the molecule is Nc1nc(Cl)c(CCCCc2ccccc2)c(Cc2ccccc2)n1. The van der Waals surface area contributed by atoms with E-state index in [2.05, 4.69) is 46.4 Å². The molecule has 0 saturated heterocycles. The third-order valence-corrected chi connectivity index (χ3v) is 4.57.